The standard InChI is InChI=1S/C18H30N4O2S/c1-6-21(3)13-17(23)20-15-10-8-9-14(11-15)19-12-16(25-5)18(24)22(4)7-2/h8-11,16,19H,6-7,12-13H2,1-5H3,(H,20,23). The van der Waals surface area contributed by atoms with Crippen LogP contribution in [0.1, 0.15) is 13.8 Å². The topological polar surface area (TPSA) is 64.7 Å². The van der Waals surface area contributed by atoms with Gasteiger partial charge in [-0.25, -0.2) is 0 Å². The van der Waals surface area contributed by atoms with Crippen LogP contribution in [-0.4, -0.2) is 73.4 Å². The molecule has 1 aromatic carbocycles. The van der Waals surface area contributed by atoms with Gasteiger partial charge in [0.25, 0.3) is 0 Å². The van der Waals surface area contributed by atoms with Gasteiger partial charge in [-0.05, 0) is 45.0 Å². The third-order valence-corrected chi connectivity index (χ3v) is 4.94. The van der Waals surface area contributed by atoms with Crippen LogP contribution in [0.15, 0.2) is 24.3 Å². The van der Waals surface area contributed by atoms with Crippen LogP contribution in [0.5, 0.6) is 0 Å². The van der Waals surface area contributed by atoms with Crippen LogP contribution in [0.4, 0.5) is 11.4 Å². The van der Waals surface area contributed by atoms with Crippen molar-refractivity contribution in [2.24, 2.45) is 0 Å². The zero-order valence-corrected chi connectivity index (χ0v) is 16.7. The largest absolute Gasteiger partial charge is 0.383 e. The van der Waals surface area contributed by atoms with Crippen LogP contribution in [0.2, 0.25) is 0 Å². The Bertz CT molecular complexity index is 568. The van der Waals surface area contributed by atoms with E-state index < -0.39 is 0 Å². The first-order valence-electron chi connectivity index (χ1n) is 8.51. The van der Waals surface area contributed by atoms with Crippen molar-refractivity contribution < 1.29 is 9.59 Å². The maximum atomic E-state index is 12.3. The van der Waals surface area contributed by atoms with E-state index in [2.05, 4.69) is 10.6 Å². The molecule has 0 saturated heterocycles. The molecule has 1 unspecified atom stereocenters. The van der Waals surface area contributed by atoms with Gasteiger partial charge in [-0.15, -0.1) is 0 Å². The molecule has 1 aromatic rings. The summed E-state index contributed by atoms with van der Waals surface area (Å²) in [7, 11) is 3.72. The second-order valence-electron chi connectivity index (χ2n) is 5.92. The van der Waals surface area contributed by atoms with Gasteiger partial charge >= 0.3 is 0 Å². The summed E-state index contributed by atoms with van der Waals surface area (Å²) in [6.45, 7) is 6.40. The first kappa shape index (κ1) is 21.3. The Morgan fingerprint density at radius 1 is 1.16 bits per heavy atom. The summed E-state index contributed by atoms with van der Waals surface area (Å²) in [4.78, 5) is 27.9. The molecule has 0 fully saturated rings. The number of amides is 2. The molecule has 0 heterocycles. The summed E-state index contributed by atoms with van der Waals surface area (Å²) in [6, 6.07) is 7.56. The van der Waals surface area contributed by atoms with E-state index in [9.17, 15) is 9.59 Å². The summed E-state index contributed by atoms with van der Waals surface area (Å²) in [6.07, 6.45) is 1.94. The first-order chi connectivity index (χ1) is 11.9. The highest BCUT2D eigenvalue weighted by Crippen LogP contribution is 2.17. The van der Waals surface area contributed by atoms with E-state index in [-0.39, 0.29) is 17.1 Å². The highest BCUT2D eigenvalue weighted by molar-refractivity contribution is 7.99. The molecule has 6 nitrogen and oxygen atoms in total. The maximum absolute atomic E-state index is 12.3. The van der Waals surface area contributed by atoms with Gasteiger partial charge in [0, 0.05) is 31.5 Å². The highest BCUT2D eigenvalue weighted by Gasteiger charge is 2.20. The second kappa shape index (κ2) is 11.0. The molecular weight excluding hydrogens is 336 g/mol. The molecule has 2 N–H and O–H groups in total. The van der Waals surface area contributed by atoms with Gasteiger partial charge in [-0.1, -0.05) is 13.0 Å². The number of thioether (sulfide) groups is 1. The Morgan fingerprint density at radius 3 is 2.44 bits per heavy atom. The molecule has 0 radical (unpaired) electrons. The van der Waals surface area contributed by atoms with Crippen molar-refractivity contribution in [2.75, 3.05) is 57.2 Å². The van der Waals surface area contributed by atoms with Gasteiger partial charge in [-0.2, -0.15) is 11.8 Å². The summed E-state index contributed by atoms with van der Waals surface area (Å²) in [5.41, 5.74) is 1.63. The van der Waals surface area contributed by atoms with Gasteiger partial charge in [0.15, 0.2) is 0 Å². The smallest absolute Gasteiger partial charge is 0.238 e. The number of anilines is 2. The molecule has 0 bridgehead atoms. The summed E-state index contributed by atoms with van der Waals surface area (Å²) in [5, 5.41) is 6.05. The third kappa shape index (κ3) is 7.36. The Hall–Kier alpha value is -1.73. The lowest BCUT2D eigenvalue weighted by Gasteiger charge is -2.22. The average molecular weight is 367 g/mol. The molecular formula is C18H30N4O2S. The molecule has 140 valence electrons. The third-order valence-electron chi connectivity index (χ3n) is 4.00. The lowest BCUT2D eigenvalue weighted by molar-refractivity contribution is -0.128. The zero-order chi connectivity index (χ0) is 18.8. The maximum Gasteiger partial charge on any atom is 0.238 e. The fourth-order valence-electron chi connectivity index (χ4n) is 2.15. The molecule has 0 spiro atoms. The van der Waals surface area contributed by atoms with E-state index in [0.29, 0.717) is 19.6 Å². The van der Waals surface area contributed by atoms with E-state index in [0.717, 1.165) is 17.9 Å². The van der Waals surface area contributed by atoms with E-state index in [1.54, 1.807) is 4.90 Å². The molecule has 7 heteroatoms. The van der Waals surface area contributed by atoms with Crippen LogP contribution < -0.4 is 10.6 Å². The lowest BCUT2D eigenvalue weighted by Crippen LogP contribution is -2.38. The Morgan fingerprint density at radius 2 is 1.84 bits per heavy atom. The predicted molar refractivity (Wildman–Crippen MR) is 107 cm³/mol. The molecule has 1 rings (SSSR count). The van der Waals surface area contributed by atoms with Gasteiger partial charge in [-0.3, -0.25) is 14.5 Å². The van der Waals surface area contributed by atoms with Crippen molar-refractivity contribution in [3.8, 4) is 0 Å². The van der Waals surface area contributed by atoms with E-state index in [1.165, 1.54) is 11.8 Å². The monoisotopic (exact) mass is 366 g/mol. The van der Waals surface area contributed by atoms with Crippen molar-refractivity contribution in [1.82, 2.24) is 9.80 Å². The van der Waals surface area contributed by atoms with Crippen LogP contribution in [0, 0.1) is 0 Å². The van der Waals surface area contributed by atoms with E-state index in [1.807, 2.05) is 63.4 Å². The normalized spacial score (nSPS) is 11.9. The number of likely N-dealkylation sites (N-methyl/N-ethyl adjacent to an activating group) is 1. The van der Waals surface area contributed by atoms with Crippen molar-refractivity contribution in [1.29, 1.82) is 0 Å². The molecule has 0 aliphatic rings. The van der Waals surface area contributed by atoms with Crippen molar-refractivity contribution in [3.05, 3.63) is 24.3 Å². The molecule has 2 amide bonds. The number of nitrogens with one attached hydrogen (secondary N) is 2. The zero-order valence-electron chi connectivity index (χ0n) is 15.8. The fraction of sp³-hybridized carbons (Fsp3) is 0.556. The molecule has 25 heavy (non-hydrogen) atoms. The van der Waals surface area contributed by atoms with Crippen molar-refractivity contribution in [2.45, 2.75) is 19.1 Å². The van der Waals surface area contributed by atoms with Gasteiger partial charge in [0.05, 0.1) is 6.54 Å². The molecule has 0 aliphatic heterocycles. The first-order valence-corrected chi connectivity index (χ1v) is 9.80. The molecule has 0 saturated carbocycles. The highest BCUT2D eigenvalue weighted by atomic mass is 32.2. The number of carbonyl (C=O) groups is 2. The summed E-state index contributed by atoms with van der Waals surface area (Å²) >= 11 is 1.54. The van der Waals surface area contributed by atoms with Gasteiger partial charge in [0.1, 0.15) is 5.25 Å². The van der Waals surface area contributed by atoms with Gasteiger partial charge < -0.3 is 15.5 Å². The number of carbonyl (C=O) groups excluding carboxylic acids is 2. The summed E-state index contributed by atoms with van der Waals surface area (Å²) in [5.74, 6) is 0.0813. The lowest BCUT2D eigenvalue weighted by atomic mass is 10.2. The van der Waals surface area contributed by atoms with Crippen LogP contribution in [0.25, 0.3) is 0 Å². The minimum atomic E-state index is -0.138. The quantitative estimate of drug-likeness (QED) is 0.665. The number of hydrogen-bond acceptors (Lipinski definition) is 5. The van der Waals surface area contributed by atoms with Crippen LogP contribution in [-0.2, 0) is 9.59 Å². The van der Waals surface area contributed by atoms with Crippen molar-refractivity contribution in [3.63, 3.8) is 0 Å². The van der Waals surface area contributed by atoms with Gasteiger partial charge in [0.2, 0.25) is 11.8 Å². The Kier molecular flexibility index (Phi) is 9.37. The van der Waals surface area contributed by atoms with Crippen LogP contribution in [0.3, 0.4) is 0 Å². The number of benzene rings is 1. The van der Waals surface area contributed by atoms with Crippen molar-refractivity contribution >= 4 is 35.0 Å². The molecule has 1 atom stereocenters. The number of nitrogens with zero attached hydrogens (tertiary/aromatic N) is 2. The molecule has 0 aliphatic carbocycles. The second-order valence-corrected chi connectivity index (χ2v) is 6.96. The minimum Gasteiger partial charge on any atom is -0.383 e. The number of hydrogen-bond donors (Lipinski definition) is 2. The molecule has 0 aromatic heterocycles. The predicted octanol–water partition coefficient (Wildman–Crippen LogP) is 2.20. The summed E-state index contributed by atoms with van der Waals surface area (Å²) < 4.78 is 0. The minimum absolute atomic E-state index is 0.0387. The SMILES string of the molecule is CCN(C)CC(=O)Nc1cccc(NCC(SC)C(=O)N(C)CC)c1. The average Bonchev–Trinajstić information content (AvgIpc) is 2.61. The van der Waals surface area contributed by atoms with Crippen LogP contribution >= 0.6 is 11.8 Å². The Balaban J connectivity index is 2.62. The number of rotatable bonds is 10. The van der Waals surface area contributed by atoms with E-state index >= 15 is 0 Å². The van der Waals surface area contributed by atoms with E-state index in [4.69, 9.17) is 0 Å². The Labute approximate surface area is 155 Å². The fourth-order valence-corrected chi connectivity index (χ4v) is 2.78.